The predicted molar refractivity (Wildman–Crippen MR) is 121 cm³/mol. The molecule has 2 bridgehead atoms. The summed E-state index contributed by atoms with van der Waals surface area (Å²) in [6.07, 6.45) is 2.52. The van der Waals surface area contributed by atoms with Crippen molar-refractivity contribution in [3.63, 3.8) is 0 Å². The Morgan fingerprint density at radius 3 is 2.50 bits per heavy atom. The van der Waals surface area contributed by atoms with Crippen molar-refractivity contribution >= 4 is 52.2 Å². The van der Waals surface area contributed by atoms with E-state index in [1.165, 1.54) is 16.2 Å². The lowest BCUT2D eigenvalue weighted by molar-refractivity contribution is -0.123. The van der Waals surface area contributed by atoms with E-state index in [-0.39, 0.29) is 57.4 Å². The van der Waals surface area contributed by atoms with Crippen LogP contribution in [0.25, 0.3) is 0 Å². The van der Waals surface area contributed by atoms with E-state index in [2.05, 4.69) is 4.98 Å². The fourth-order valence-corrected chi connectivity index (χ4v) is 9.64. The molecule has 0 radical (unpaired) electrons. The minimum absolute atomic E-state index is 0.0707. The maximum atomic E-state index is 13.6. The Bertz CT molecular complexity index is 1310. The monoisotopic (exact) mass is 484 g/mol. The number of amides is 2. The summed E-state index contributed by atoms with van der Waals surface area (Å²) in [5.41, 5.74) is 0.583. The van der Waals surface area contributed by atoms with E-state index in [0.717, 1.165) is 22.1 Å². The van der Waals surface area contributed by atoms with Crippen molar-refractivity contribution < 1.29 is 14.0 Å². The first-order chi connectivity index (χ1) is 15.5. The van der Waals surface area contributed by atoms with E-state index in [9.17, 15) is 14.4 Å². The van der Waals surface area contributed by atoms with Gasteiger partial charge < -0.3 is 9.40 Å². The molecule has 1 saturated heterocycles. The first kappa shape index (κ1) is 19.2. The number of aromatic nitrogens is 1. The van der Waals surface area contributed by atoms with E-state index in [0.29, 0.717) is 10.7 Å². The van der Waals surface area contributed by atoms with Crippen molar-refractivity contribution in [2.75, 3.05) is 4.90 Å². The Morgan fingerprint density at radius 1 is 1.03 bits per heavy atom. The van der Waals surface area contributed by atoms with Crippen LogP contribution in [0.3, 0.4) is 0 Å². The summed E-state index contributed by atoms with van der Waals surface area (Å²) < 4.78 is 5.82. The molecule has 7 rings (SSSR count). The molecule has 1 N–H and O–H groups in total. The molecule has 0 unspecified atom stereocenters. The molecule has 32 heavy (non-hydrogen) atoms. The van der Waals surface area contributed by atoms with E-state index >= 15 is 0 Å². The summed E-state index contributed by atoms with van der Waals surface area (Å²) in [6.45, 7) is 0. The van der Waals surface area contributed by atoms with Gasteiger partial charge in [0, 0.05) is 10.3 Å². The van der Waals surface area contributed by atoms with Crippen LogP contribution in [0.2, 0.25) is 5.02 Å². The minimum atomic E-state index is -0.320. The lowest BCUT2D eigenvalue weighted by Gasteiger charge is -2.42. The van der Waals surface area contributed by atoms with Crippen molar-refractivity contribution in [3.05, 3.63) is 68.0 Å². The summed E-state index contributed by atoms with van der Waals surface area (Å²) >= 11 is 8.92. The Hall–Kier alpha value is -2.29. The molecule has 1 aromatic carbocycles. The summed E-state index contributed by atoms with van der Waals surface area (Å²) in [5, 5.41) is 1.62. The van der Waals surface area contributed by atoms with Gasteiger partial charge >= 0.3 is 4.87 Å². The number of nitrogens with one attached hydrogen (secondary N) is 1. The number of halogens is 1. The number of thioether (sulfide) groups is 1. The van der Waals surface area contributed by atoms with Crippen molar-refractivity contribution in [1.29, 1.82) is 0 Å². The minimum Gasteiger partial charge on any atom is -0.469 e. The largest absolute Gasteiger partial charge is 0.469 e. The molecule has 7 atom stereocenters. The number of imide groups is 1. The van der Waals surface area contributed by atoms with Gasteiger partial charge in [-0.15, -0.1) is 11.8 Å². The molecule has 2 saturated carbocycles. The van der Waals surface area contributed by atoms with Gasteiger partial charge in [-0.3, -0.25) is 19.3 Å². The second kappa shape index (κ2) is 6.62. The van der Waals surface area contributed by atoms with Crippen LogP contribution in [-0.2, 0) is 9.59 Å². The molecule has 2 aromatic heterocycles. The molecule has 4 aliphatic rings. The third-order valence-corrected chi connectivity index (χ3v) is 10.5. The van der Waals surface area contributed by atoms with Gasteiger partial charge in [-0.2, -0.15) is 0 Å². The third kappa shape index (κ3) is 2.40. The number of hydrogen-bond donors (Lipinski definition) is 1. The normalized spacial score (nSPS) is 34.7. The SMILES string of the molecule is O=C1[C@@H]2[C@H]3C[C@@H]([C@@H]4Sc5[nH]c(=O)sc5[C@H](c5ccco5)[C@@H]34)[C@H]2C(=O)N1c1ccc(Cl)cc1. The Labute approximate surface area is 195 Å². The fourth-order valence-electron chi connectivity index (χ4n) is 6.65. The number of H-pyrrole nitrogens is 1. The quantitative estimate of drug-likeness (QED) is 0.546. The summed E-state index contributed by atoms with van der Waals surface area (Å²) in [4.78, 5) is 44.5. The number of rotatable bonds is 2. The molecule has 2 amide bonds. The van der Waals surface area contributed by atoms with Crippen LogP contribution >= 0.6 is 34.7 Å². The zero-order valence-corrected chi connectivity index (χ0v) is 19.0. The van der Waals surface area contributed by atoms with E-state index in [1.807, 2.05) is 12.1 Å². The van der Waals surface area contributed by atoms with Crippen molar-refractivity contribution in [2.24, 2.45) is 29.6 Å². The van der Waals surface area contributed by atoms with Gasteiger partial charge in [0.1, 0.15) is 5.76 Å². The standard InChI is InChI=1S/C23H17ClN2O4S2/c24-9-3-5-10(6-4-9)26-21(27)15-11-8-12(16(15)22(26)28)18-14(11)17(13-2-1-7-30-13)19-20(31-18)25-23(29)32-19/h1-7,11-12,14-18H,8H2,(H,25,29)/t11-,12+,14+,15+,16+,17+,18-/m0/s1. The van der Waals surface area contributed by atoms with Gasteiger partial charge in [-0.05, 0) is 60.6 Å². The first-order valence-electron chi connectivity index (χ1n) is 10.6. The van der Waals surface area contributed by atoms with Gasteiger partial charge in [0.25, 0.3) is 0 Å². The van der Waals surface area contributed by atoms with Crippen LogP contribution in [0.15, 0.2) is 56.9 Å². The molecule has 3 aromatic rings. The van der Waals surface area contributed by atoms with Gasteiger partial charge in [0.2, 0.25) is 11.8 Å². The molecule has 0 spiro atoms. The number of hydrogen-bond acceptors (Lipinski definition) is 6. The lowest BCUT2D eigenvalue weighted by Crippen LogP contribution is -2.42. The maximum absolute atomic E-state index is 13.6. The number of anilines is 1. The highest BCUT2D eigenvalue weighted by atomic mass is 35.5. The van der Waals surface area contributed by atoms with Gasteiger partial charge in [-0.1, -0.05) is 22.9 Å². The molecule has 162 valence electrons. The maximum Gasteiger partial charge on any atom is 0.305 e. The van der Waals surface area contributed by atoms with Crippen LogP contribution in [0.4, 0.5) is 5.69 Å². The molecule has 6 nitrogen and oxygen atoms in total. The fraction of sp³-hybridized carbons (Fsp3) is 0.348. The predicted octanol–water partition coefficient (Wildman–Crippen LogP) is 4.36. The zero-order chi connectivity index (χ0) is 21.7. The van der Waals surface area contributed by atoms with Crippen LogP contribution in [-0.4, -0.2) is 22.0 Å². The second-order valence-electron chi connectivity index (χ2n) is 8.96. The third-order valence-electron chi connectivity index (χ3n) is 7.66. The topological polar surface area (TPSA) is 83.4 Å². The highest BCUT2D eigenvalue weighted by molar-refractivity contribution is 8.00. The van der Waals surface area contributed by atoms with Crippen LogP contribution < -0.4 is 9.77 Å². The number of benzene rings is 1. The molecular formula is C23H17ClN2O4S2. The molecule has 9 heteroatoms. The lowest BCUT2D eigenvalue weighted by atomic mass is 9.69. The number of carbonyl (C=O) groups is 2. The zero-order valence-electron chi connectivity index (χ0n) is 16.6. The summed E-state index contributed by atoms with van der Waals surface area (Å²) in [7, 11) is 0. The van der Waals surface area contributed by atoms with E-state index < -0.39 is 0 Å². The molecule has 2 aliphatic carbocycles. The molecular weight excluding hydrogens is 468 g/mol. The molecule has 4 heterocycles. The Balaban J connectivity index is 1.32. The smallest absolute Gasteiger partial charge is 0.305 e. The number of thiazole rings is 1. The van der Waals surface area contributed by atoms with Gasteiger partial charge in [0.05, 0.1) is 39.6 Å². The van der Waals surface area contributed by atoms with Gasteiger partial charge in [-0.25, -0.2) is 0 Å². The average molecular weight is 485 g/mol. The van der Waals surface area contributed by atoms with Crippen LogP contribution in [0, 0.1) is 29.6 Å². The first-order valence-corrected chi connectivity index (χ1v) is 12.7. The van der Waals surface area contributed by atoms with E-state index in [4.69, 9.17) is 16.0 Å². The highest BCUT2D eigenvalue weighted by Crippen LogP contribution is 2.68. The van der Waals surface area contributed by atoms with Gasteiger partial charge in [0.15, 0.2) is 0 Å². The number of carbonyl (C=O) groups excluding carboxylic acids is 2. The molecule has 3 fully saturated rings. The van der Waals surface area contributed by atoms with Crippen molar-refractivity contribution in [3.8, 4) is 0 Å². The highest BCUT2D eigenvalue weighted by Gasteiger charge is 2.70. The number of fused-ring (bicyclic) bond motifs is 9. The van der Waals surface area contributed by atoms with E-state index in [1.54, 1.807) is 42.3 Å². The Kier molecular flexibility index (Phi) is 3.97. The van der Waals surface area contributed by atoms with Crippen molar-refractivity contribution in [1.82, 2.24) is 4.98 Å². The van der Waals surface area contributed by atoms with Crippen molar-refractivity contribution in [2.45, 2.75) is 22.6 Å². The average Bonchev–Trinajstić information content (AvgIpc) is 3.57. The Morgan fingerprint density at radius 2 is 1.78 bits per heavy atom. The summed E-state index contributed by atoms with van der Waals surface area (Å²) in [5.74, 6) is 0.252. The second-order valence-corrected chi connectivity index (χ2v) is 11.6. The number of aromatic amines is 1. The summed E-state index contributed by atoms with van der Waals surface area (Å²) in [6, 6.07) is 10.7. The number of furan rings is 1. The van der Waals surface area contributed by atoms with Crippen LogP contribution in [0.1, 0.15) is 23.0 Å². The molecule has 2 aliphatic heterocycles. The van der Waals surface area contributed by atoms with Crippen LogP contribution in [0.5, 0.6) is 0 Å². The number of nitrogens with zero attached hydrogens (tertiary/aromatic N) is 1.